The van der Waals surface area contributed by atoms with Gasteiger partial charge in [-0.25, -0.2) is 18.7 Å². The molecule has 0 bridgehead atoms. The van der Waals surface area contributed by atoms with Crippen LogP contribution < -0.4 is 11.3 Å². The number of esters is 1. The number of imidazole rings is 1. The van der Waals surface area contributed by atoms with Crippen LogP contribution in [0.1, 0.15) is 23.8 Å². The van der Waals surface area contributed by atoms with Gasteiger partial charge in [0.25, 0.3) is 5.56 Å². The van der Waals surface area contributed by atoms with Crippen molar-refractivity contribution < 1.29 is 60.7 Å². The Morgan fingerprint density at radius 1 is 1.18 bits per heavy atom. The van der Waals surface area contributed by atoms with Crippen molar-refractivity contribution in [3.8, 4) is 0 Å². The molecule has 238 valence electrons. The van der Waals surface area contributed by atoms with E-state index in [0.29, 0.717) is 11.1 Å². The molecule has 22 nitrogen and oxygen atoms in total. The maximum atomic E-state index is 13.0. The van der Waals surface area contributed by atoms with Gasteiger partial charge in [0.1, 0.15) is 18.4 Å². The summed E-state index contributed by atoms with van der Waals surface area (Å²) in [5.74, 6) is -1.04. The van der Waals surface area contributed by atoms with Crippen molar-refractivity contribution in [3.05, 3.63) is 62.5 Å². The number of benzene rings is 1. The molecule has 3 heterocycles. The average Bonchev–Trinajstić information content (AvgIpc) is 3.48. The highest BCUT2D eigenvalue weighted by Gasteiger charge is 2.44. The van der Waals surface area contributed by atoms with Gasteiger partial charge in [-0.2, -0.15) is 13.6 Å². The highest BCUT2D eigenvalue weighted by molar-refractivity contribution is 7.66. The lowest BCUT2D eigenvalue weighted by Crippen LogP contribution is -2.31. The molecular formula is C19H23N8O14P3. The molecule has 44 heavy (non-hydrogen) atoms. The fourth-order valence-electron chi connectivity index (χ4n) is 4.13. The van der Waals surface area contributed by atoms with Gasteiger partial charge in [-0.05, 0) is 16.7 Å². The number of nitrogens with two attached hydrogens (primary N) is 1. The van der Waals surface area contributed by atoms with E-state index in [4.69, 9.17) is 35.0 Å². The van der Waals surface area contributed by atoms with Gasteiger partial charge in [-0.3, -0.25) is 23.7 Å². The van der Waals surface area contributed by atoms with Gasteiger partial charge >= 0.3 is 29.4 Å². The van der Waals surface area contributed by atoms with Crippen molar-refractivity contribution in [2.45, 2.75) is 37.8 Å². The maximum absolute atomic E-state index is 13.0. The number of nitrogens with one attached hydrogen (secondary N) is 1. The van der Waals surface area contributed by atoms with E-state index >= 15 is 0 Å². The van der Waals surface area contributed by atoms with Crippen LogP contribution in [0.4, 0.5) is 5.95 Å². The zero-order valence-electron chi connectivity index (χ0n) is 21.9. The van der Waals surface area contributed by atoms with E-state index < -0.39 is 60.0 Å². The van der Waals surface area contributed by atoms with Crippen LogP contribution in [0.25, 0.3) is 21.6 Å². The predicted molar refractivity (Wildman–Crippen MR) is 144 cm³/mol. The molecule has 1 saturated heterocycles. The summed E-state index contributed by atoms with van der Waals surface area (Å²) in [6, 6.07) is 6.57. The number of H-pyrrole nitrogens is 1. The van der Waals surface area contributed by atoms with Crippen molar-refractivity contribution in [1.82, 2.24) is 19.5 Å². The minimum atomic E-state index is -5.80. The van der Waals surface area contributed by atoms with Crippen LogP contribution in [0.5, 0.6) is 0 Å². The average molecular weight is 680 g/mol. The van der Waals surface area contributed by atoms with Crippen LogP contribution >= 0.6 is 23.5 Å². The molecular weight excluding hydrogens is 657 g/mol. The minimum Gasteiger partial charge on any atom is -0.459 e. The quantitative estimate of drug-likeness (QED) is 0.0487. The smallest absolute Gasteiger partial charge is 0.459 e. The zero-order valence-corrected chi connectivity index (χ0v) is 24.6. The number of aromatic amines is 1. The number of rotatable bonds is 13. The van der Waals surface area contributed by atoms with Crippen molar-refractivity contribution in [2.75, 3.05) is 12.3 Å². The number of phosphoric acid groups is 3. The summed E-state index contributed by atoms with van der Waals surface area (Å²) in [6.45, 7) is -0.978. The third-order valence-electron chi connectivity index (χ3n) is 5.80. The SMILES string of the molecule is [N-]=[N+]=NCc1ccccc1CC(=O)OC1C[C@H](n2cnc3c(=O)[nH]c(N)nc32)O[C@@H]1COP(=O)(O)OP(=O)(O)OP(=O)(O)O. The van der Waals surface area contributed by atoms with E-state index in [1.807, 2.05) is 0 Å². The van der Waals surface area contributed by atoms with Gasteiger partial charge in [0.2, 0.25) is 5.95 Å². The molecule has 0 amide bonds. The summed E-state index contributed by atoms with van der Waals surface area (Å²) in [4.78, 5) is 74.8. The van der Waals surface area contributed by atoms with Crippen LogP contribution in [-0.4, -0.2) is 63.9 Å². The van der Waals surface area contributed by atoms with Crippen LogP contribution in [0.15, 0.2) is 40.5 Å². The van der Waals surface area contributed by atoms with Gasteiger partial charge in [-0.15, -0.1) is 0 Å². The molecule has 3 unspecified atom stereocenters. The second kappa shape index (κ2) is 13.3. The highest BCUT2D eigenvalue weighted by atomic mass is 31.3. The molecule has 1 aromatic carbocycles. The molecule has 2 aromatic heterocycles. The summed E-state index contributed by atoms with van der Waals surface area (Å²) in [5, 5.41) is 3.48. The van der Waals surface area contributed by atoms with Crippen molar-refractivity contribution in [2.24, 2.45) is 5.11 Å². The first-order valence-corrected chi connectivity index (χ1v) is 16.5. The molecule has 0 saturated carbocycles. The number of fused-ring (bicyclic) bond motifs is 1. The Morgan fingerprint density at radius 2 is 1.89 bits per heavy atom. The number of anilines is 1. The Hall–Kier alpha value is -3.48. The number of aromatic nitrogens is 4. The van der Waals surface area contributed by atoms with Gasteiger partial charge in [-0.1, -0.05) is 29.4 Å². The molecule has 7 N–H and O–H groups in total. The first kappa shape index (κ1) is 33.4. The molecule has 25 heteroatoms. The van der Waals surface area contributed by atoms with Gasteiger partial charge in [0.15, 0.2) is 11.2 Å². The van der Waals surface area contributed by atoms with E-state index in [1.54, 1.807) is 24.3 Å². The Labute approximate surface area is 244 Å². The number of hydrogen-bond acceptors (Lipinski definition) is 14. The number of carbonyl (C=O) groups excluding carboxylic acids is 1. The number of azide groups is 1. The van der Waals surface area contributed by atoms with Crippen LogP contribution in [0.3, 0.4) is 0 Å². The van der Waals surface area contributed by atoms with E-state index in [0.717, 1.165) is 0 Å². The summed E-state index contributed by atoms with van der Waals surface area (Å²) < 4.78 is 59.6. The molecule has 0 spiro atoms. The standard InChI is InChI=1S/C19H23N8O14P3/c20-19-24-17-16(18(29)25-19)22-9-27(17)14-6-12(39-15(28)5-10-3-1-2-4-11(10)7-23-26-21)13(38-14)8-37-43(33,34)41-44(35,36)40-42(30,31)32/h1-4,9,12-14H,5-8H2,(H,33,34)(H,35,36)(H2,30,31,32)(H3,20,24,25,29)/t12?,13-,14-/m1/s1. The summed E-state index contributed by atoms with van der Waals surface area (Å²) in [5.41, 5.74) is 14.5. The third kappa shape index (κ3) is 8.80. The largest absolute Gasteiger partial charge is 0.490 e. The van der Waals surface area contributed by atoms with E-state index in [1.165, 1.54) is 10.9 Å². The molecule has 0 aliphatic carbocycles. The topological polar surface area (TPSA) is 334 Å². The Bertz CT molecular complexity index is 1800. The van der Waals surface area contributed by atoms with E-state index in [2.05, 4.69) is 33.6 Å². The molecule has 3 aromatic rings. The first-order valence-electron chi connectivity index (χ1n) is 12.0. The molecule has 0 radical (unpaired) electrons. The monoisotopic (exact) mass is 680 g/mol. The van der Waals surface area contributed by atoms with Crippen molar-refractivity contribution in [3.63, 3.8) is 0 Å². The molecule has 5 atom stereocenters. The normalized spacial score (nSPS) is 21.3. The molecule has 4 rings (SSSR count). The fraction of sp³-hybridized carbons (Fsp3) is 0.368. The summed E-state index contributed by atoms with van der Waals surface area (Å²) in [6.07, 6.45) is -2.92. The second-order valence-electron chi connectivity index (χ2n) is 8.89. The molecule has 1 aliphatic heterocycles. The first-order chi connectivity index (χ1) is 20.6. The Balaban J connectivity index is 1.55. The lowest BCUT2D eigenvalue weighted by atomic mass is 10.0. The van der Waals surface area contributed by atoms with Crippen LogP contribution in [0.2, 0.25) is 0 Å². The lowest BCUT2D eigenvalue weighted by Gasteiger charge is -2.21. The maximum Gasteiger partial charge on any atom is 0.490 e. The Kier molecular flexibility index (Phi) is 10.1. The number of ether oxygens (including phenoxy) is 2. The molecule has 1 aliphatic rings. The van der Waals surface area contributed by atoms with Gasteiger partial charge in [0.05, 0.1) is 25.9 Å². The summed E-state index contributed by atoms with van der Waals surface area (Å²) >= 11 is 0. The van der Waals surface area contributed by atoms with Crippen LogP contribution in [-0.2, 0) is 54.1 Å². The minimum absolute atomic E-state index is 0.0122. The summed E-state index contributed by atoms with van der Waals surface area (Å²) in [7, 11) is -17.0. The number of phosphoric ester groups is 1. The number of nitrogen functional groups attached to an aromatic ring is 1. The fourth-order valence-corrected chi connectivity index (χ4v) is 7.16. The number of hydrogen-bond donors (Lipinski definition) is 6. The van der Waals surface area contributed by atoms with E-state index in [-0.39, 0.29) is 36.5 Å². The van der Waals surface area contributed by atoms with Crippen molar-refractivity contribution >= 4 is 46.5 Å². The second-order valence-corrected chi connectivity index (χ2v) is 13.3. The van der Waals surface area contributed by atoms with Crippen molar-refractivity contribution in [1.29, 1.82) is 0 Å². The lowest BCUT2D eigenvalue weighted by molar-refractivity contribution is -0.152. The number of carbonyl (C=O) groups is 1. The molecule has 1 fully saturated rings. The van der Waals surface area contributed by atoms with E-state index in [9.17, 15) is 33.1 Å². The van der Waals surface area contributed by atoms with Gasteiger partial charge in [0, 0.05) is 11.3 Å². The predicted octanol–water partition coefficient (Wildman–Crippen LogP) is 1.30. The van der Waals surface area contributed by atoms with Gasteiger partial charge < -0.3 is 34.8 Å². The third-order valence-corrected chi connectivity index (χ3v) is 9.60. The van der Waals surface area contributed by atoms with Crippen LogP contribution in [0, 0.1) is 0 Å². The Morgan fingerprint density at radius 3 is 2.57 bits per heavy atom. The number of nitrogens with zero attached hydrogens (tertiary/aromatic N) is 6. The zero-order chi connectivity index (χ0) is 32.3. The highest BCUT2D eigenvalue weighted by Crippen LogP contribution is 2.66.